The van der Waals surface area contributed by atoms with Crippen molar-refractivity contribution < 1.29 is 9.53 Å². The Kier molecular flexibility index (Phi) is 5.52. The second kappa shape index (κ2) is 8.57. The maximum Gasteiger partial charge on any atom is 0.228 e. The number of rotatable bonds is 6. The quantitative estimate of drug-likeness (QED) is 0.524. The van der Waals surface area contributed by atoms with Crippen LogP contribution in [0.4, 0.5) is 5.69 Å². The van der Waals surface area contributed by atoms with E-state index in [2.05, 4.69) is 20.3 Å². The molecule has 0 atom stereocenters. The number of nitrogens with zero attached hydrogens (tertiary/aromatic N) is 4. The maximum absolute atomic E-state index is 12.2. The molecular weight excluding hydrogens is 378 g/mol. The number of benzene rings is 2. The van der Waals surface area contributed by atoms with Crippen LogP contribution in [0.25, 0.3) is 5.82 Å². The predicted octanol–water partition coefficient (Wildman–Crippen LogP) is 4.25. The van der Waals surface area contributed by atoms with Gasteiger partial charge in [0.2, 0.25) is 11.8 Å². The van der Waals surface area contributed by atoms with Crippen molar-refractivity contribution in [1.29, 1.82) is 0 Å². The molecule has 30 heavy (non-hydrogen) atoms. The summed E-state index contributed by atoms with van der Waals surface area (Å²) in [6.07, 6.45) is 3.51. The summed E-state index contributed by atoms with van der Waals surface area (Å²) < 4.78 is 7.73. The third-order valence-electron chi connectivity index (χ3n) is 4.69. The van der Waals surface area contributed by atoms with Gasteiger partial charge in [-0.05, 0) is 43.7 Å². The van der Waals surface area contributed by atoms with Crippen molar-refractivity contribution in [3.63, 3.8) is 0 Å². The molecule has 0 saturated carbocycles. The Morgan fingerprint density at radius 2 is 1.77 bits per heavy atom. The number of anilines is 1. The summed E-state index contributed by atoms with van der Waals surface area (Å²) in [5, 5.41) is 2.89. The van der Waals surface area contributed by atoms with E-state index >= 15 is 0 Å². The first kappa shape index (κ1) is 19.3. The molecule has 1 N–H and O–H groups in total. The summed E-state index contributed by atoms with van der Waals surface area (Å²) in [6, 6.07) is 18.5. The minimum absolute atomic E-state index is 0.0682. The van der Waals surface area contributed by atoms with E-state index in [4.69, 9.17) is 4.74 Å². The van der Waals surface area contributed by atoms with Crippen LogP contribution in [0.3, 0.4) is 0 Å². The molecule has 0 aliphatic carbocycles. The van der Waals surface area contributed by atoms with E-state index in [0.717, 1.165) is 17.0 Å². The number of hydrogen-bond acceptors (Lipinski definition) is 5. The number of ether oxygens (including phenoxy) is 1. The minimum Gasteiger partial charge on any atom is -0.439 e. The standard InChI is InChI=1S/C23H21N5O2/c1-16-17(2)28(15-26-16)21-13-23(25-14-24-21)30-20-10-8-19(9-11-20)27-22(29)12-18-6-4-3-5-7-18/h3-11,13-15H,12H2,1-2H3,(H,27,29). The number of hydrogen-bond donors (Lipinski definition) is 1. The summed E-state index contributed by atoms with van der Waals surface area (Å²) in [5.41, 5.74) is 3.63. The molecule has 2 heterocycles. The van der Waals surface area contributed by atoms with Gasteiger partial charge in [-0.2, -0.15) is 0 Å². The SMILES string of the molecule is Cc1ncn(-c2cc(Oc3ccc(NC(=O)Cc4ccccc4)cc3)ncn2)c1C. The molecule has 7 heteroatoms. The number of nitrogens with one attached hydrogen (secondary N) is 1. The highest BCUT2D eigenvalue weighted by molar-refractivity contribution is 5.92. The molecule has 0 bridgehead atoms. The largest absolute Gasteiger partial charge is 0.439 e. The topological polar surface area (TPSA) is 81.9 Å². The van der Waals surface area contributed by atoms with Crippen LogP contribution in [0.15, 0.2) is 73.3 Å². The molecule has 0 spiro atoms. The zero-order valence-corrected chi connectivity index (χ0v) is 16.7. The third-order valence-corrected chi connectivity index (χ3v) is 4.69. The van der Waals surface area contributed by atoms with Gasteiger partial charge in [0, 0.05) is 17.4 Å². The molecule has 2 aromatic carbocycles. The highest BCUT2D eigenvalue weighted by Gasteiger charge is 2.09. The lowest BCUT2D eigenvalue weighted by molar-refractivity contribution is -0.115. The molecule has 0 radical (unpaired) electrons. The highest BCUT2D eigenvalue weighted by Crippen LogP contribution is 2.23. The average molecular weight is 399 g/mol. The number of aryl methyl sites for hydroxylation is 1. The first-order valence-electron chi connectivity index (χ1n) is 9.53. The average Bonchev–Trinajstić information content (AvgIpc) is 3.09. The first-order chi connectivity index (χ1) is 14.6. The van der Waals surface area contributed by atoms with Crippen LogP contribution < -0.4 is 10.1 Å². The molecule has 0 fully saturated rings. The van der Waals surface area contributed by atoms with Crippen molar-refractivity contribution in [1.82, 2.24) is 19.5 Å². The molecule has 0 unspecified atom stereocenters. The molecule has 2 aromatic heterocycles. The van der Waals surface area contributed by atoms with Gasteiger partial charge in [-0.1, -0.05) is 30.3 Å². The van der Waals surface area contributed by atoms with Crippen molar-refractivity contribution in [2.45, 2.75) is 20.3 Å². The lowest BCUT2D eigenvalue weighted by Crippen LogP contribution is -2.14. The number of amides is 1. The van der Waals surface area contributed by atoms with E-state index in [1.165, 1.54) is 6.33 Å². The van der Waals surface area contributed by atoms with Crippen molar-refractivity contribution >= 4 is 11.6 Å². The molecule has 0 aliphatic rings. The molecule has 1 amide bonds. The number of carbonyl (C=O) groups is 1. The van der Waals surface area contributed by atoms with Gasteiger partial charge in [0.25, 0.3) is 0 Å². The smallest absolute Gasteiger partial charge is 0.228 e. The molecular formula is C23H21N5O2. The van der Waals surface area contributed by atoms with E-state index in [9.17, 15) is 4.79 Å². The second-order valence-electron chi connectivity index (χ2n) is 6.84. The van der Waals surface area contributed by atoms with Gasteiger partial charge >= 0.3 is 0 Å². The van der Waals surface area contributed by atoms with Crippen LogP contribution in [0.1, 0.15) is 17.0 Å². The van der Waals surface area contributed by atoms with Crippen molar-refractivity contribution in [2.75, 3.05) is 5.32 Å². The fourth-order valence-corrected chi connectivity index (χ4v) is 2.96. The lowest BCUT2D eigenvalue weighted by Gasteiger charge is -2.09. The lowest BCUT2D eigenvalue weighted by atomic mass is 10.1. The zero-order chi connectivity index (χ0) is 20.9. The van der Waals surface area contributed by atoms with Gasteiger partial charge in [0.05, 0.1) is 12.1 Å². The van der Waals surface area contributed by atoms with Crippen molar-refractivity contribution in [2.24, 2.45) is 0 Å². The Hall–Kier alpha value is -4.00. The monoisotopic (exact) mass is 399 g/mol. The Balaban J connectivity index is 1.41. The van der Waals surface area contributed by atoms with E-state index in [1.54, 1.807) is 36.7 Å². The molecule has 4 rings (SSSR count). The summed E-state index contributed by atoms with van der Waals surface area (Å²) in [6.45, 7) is 3.93. The molecule has 7 nitrogen and oxygen atoms in total. The summed E-state index contributed by atoms with van der Waals surface area (Å²) in [5.74, 6) is 1.65. The molecule has 150 valence electrons. The normalized spacial score (nSPS) is 10.6. The van der Waals surface area contributed by atoms with Gasteiger partial charge in [-0.15, -0.1) is 0 Å². The maximum atomic E-state index is 12.2. The van der Waals surface area contributed by atoms with Crippen LogP contribution in [0, 0.1) is 13.8 Å². The molecule has 0 saturated heterocycles. The minimum atomic E-state index is -0.0682. The van der Waals surface area contributed by atoms with Crippen molar-refractivity contribution in [3.05, 3.63) is 90.3 Å². The van der Waals surface area contributed by atoms with E-state index in [-0.39, 0.29) is 5.91 Å². The third kappa shape index (κ3) is 4.52. The Bertz CT molecular complexity index is 1150. The predicted molar refractivity (Wildman–Crippen MR) is 114 cm³/mol. The van der Waals surface area contributed by atoms with Crippen LogP contribution in [0.2, 0.25) is 0 Å². The summed E-state index contributed by atoms with van der Waals surface area (Å²) in [7, 11) is 0. The number of aromatic nitrogens is 4. The number of imidazole rings is 1. The second-order valence-corrected chi connectivity index (χ2v) is 6.84. The van der Waals surface area contributed by atoms with Crippen LogP contribution in [0.5, 0.6) is 11.6 Å². The van der Waals surface area contributed by atoms with E-state index < -0.39 is 0 Å². The fourth-order valence-electron chi connectivity index (χ4n) is 2.96. The van der Waals surface area contributed by atoms with Crippen LogP contribution in [-0.2, 0) is 11.2 Å². The van der Waals surface area contributed by atoms with Gasteiger partial charge < -0.3 is 10.1 Å². The molecule has 4 aromatic rings. The number of carbonyl (C=O) groups excluding carboxylic acids is 1. The first-order valence-corrected chi connectivity index (χ1v) is 9.53. The van der Waals surface area contributed by atoms with Gasteiger partial charge in [0.15, 0.2) is 0 Å². The summed E-state index contributed by atoms with van der Waals surface area (Å²) in [4.78, 5) is 25.0. The fraction of sp³-hybridized carbons (Fsp3) is 0.130. The Morgan fingerprint density at radius 1 is 1.00 bits per heavy atom. The van der Waals surface area contributed by atoms with E-state index in [1.807, 2.05) is 48.7 Å². The van der Waals surface area contributed by atoms with E-state index in [0.29, 0.717) is 29.6 Å². The summed E-state index contributed by atoms with van der Waals surface area (Å²) >= 11 is 0. The highest BCUT2D eigenvalue weighted by atomic mass is 16.5. The Labute approximate surface area is 174 Å². The molecule has 0 aliphatic heterocycles. The van der Waals surface area contributed by atoms with Crippen LogP contribution in [-0.4, -0.2) is 25.4 Å². The van der Waals surface area contributed by atoms with Crippen LogP contribution >= 0.6 is 0 Å². The Morgan fingerprint density at radius 3 is 2.47 bits per heavy atom. The zero-order valence-electron chi connectivity index (χ0n) is 16.7. The van der Waals surface area contributed by atoms with Crippen molar-refractivity contribution in [3.8, 4) is 17.4 Å². The van der Waals surface area contributed by atoms with Gasteiger partial charge in [-0.25, -0.2) is 15.0 Å². The van der Waals surface area contributed by atoms with Gasteiger partial charge in [0.1, 0.15) is 24.2 Å². The van der Waals surface area contributed by atoms with Gasteiger partial charge in [-0.3, -0.25) is 9.36 Å².